The molecule has 20 heavy (non-hydrogen) atoms. The van der Waals surface area contributed by atoms with E-state index in [1.807, 2.05) is 18.2 Å². The molecule has 1 aromatic heterocycles. The van der Waals surface area contributed by atoms with Gasteiger partial charge in [0.1, 0.15) is 12.2 Å². The highest BCUT2D eigenvalue weighted by Crippen LogP contribution is 2.21. The van der Waals surface area contributed by atoms with E-state index in [0.717, 1.165) is 37.3 Å². The standard InChI is InChI=1S/C16H24N4/c1-13(2)14(10-11-17)8-9-16-19-18-12-20(16)15-6-4-3-5-7-15/h3-7,12-14H,8-11,17H2,1-2H3. The zero-order valence-electron chi connectivity index (χ0n) is 12.4. The van der Waals surface area contributed by atoms with Crippen LogP contribution in [0, 0.1) is 11.8 Å². The highest BCUT2D eigenvalue weighted by molar-refractivity contribution is 5.31. The van der Waals surface area contributed by atoms with E-state index in [1.54, 1.807) is 6.33 Å². The first-order chi connectivity index (χ1) is 9.72. The van der Waals surface area contributed by atoms with E-state index < -0.39 is 0 Å². The zero-order valence-corrected chi connectivity index (χ0v) is 12.4. The Bertz CT molecular complexity index is 504. The molecule has 0 aliphatic heterocycles. The third kappa shape index (κ3) is 3.67. The summed E-state index contributed by atoms with van der Waals surface area (Å²) in [4.78, 5) is 0. The van der Waals surface area contributed by atoms with E-state index in [2.05, 4.69) is 40.7 Å². The summed E-state index contributed by atoms with van der Waals surface area (Å²) in [5.74, 6) is 2.34. The van der Waals surface area contributed by atoms with Gasteiger partial charge in [0.2, 0.25) is 0 Å². The fourth-order valence-corrected chi connectivity index (χ4v) is 2.57. The SMILES string of the molecule is CC(C)C(CCN)CCc1nncn1-c1ccccc1. The van der Waals surface area contributed by atoms with Crippen molar-refractivity contribution in [3.63, 3.8) is 0 Å². The minimum Gasteiger partial charge on any atom is -0.330 e. The van der Waals surface area contributed by atoms with Gasteiger partial charge in [-0.25, -0.2) is 0 Å². The van der Waals surface area contributed by atoms with Gasteiger partial charge in [-0.05, 0) is 43.4 Å². The van der Waals surface area contributed by atoms with Crippen molar-refractivity contribution in [1.29, 1.82) is 0 Å². The average Bonchev–Trinajstić information content (AvgIpc) is 2.92. The molecule has 1 atom stereocenters. The Morgan fingerprint density at radius 1 is 1.15 bits per heavy atom. The molecule has 2 aromatic rings. The van der Waals surface area contributed by atoms with Crippen molar-refractivity contribution >= 4 is 0 Å². The number of para-hydroxylation sites is 1. The van der Waals surface area contributed by atoms with Gasteiger partial charge in [0.15, 0.2) is 0 Å². The summed E-state index contributed by atoms with van der Waals surface area (Å²) in [6, 6.07) is 10.2. The number of nitrogens with two attached hydrogens (primary N) is 1. The Labute approximate surface area is 121 Å². The largest absolute Gasteiger partial charge is 0.330 e. The zero-order chi connectivity index (χ0) is 14.4. The van der Waals surface area contributed by atoms with Crippen LogP contribution in [0.5, 0.6) is 0 Å². The minimum atomic E-state index is 0.654. The molecule has 0 aliphatic carbocycles. The van der Waals surface area contributed by atoms with Crippen molar-refractivity contribution in [2.24, 2.45) is 17.6 Å². The van der Waals surface area contributed by atoms with E-state index in [0.29, 0.717) is 11.8 Å². The van der Waals surface area contributed by atoms with Crippen LogP contribution in [0.1, 0.15) is 32.5 Å². The van der Waals surface area contributed by atoms with E-state index in [1.165, 1.54) is 0 Å². The van der Waals surface area contributed by atoms with Gasteiger partial charge in [0.25, 0.3) is 0 Å². The number of hydrogen-bond acceptors (Lipinski definition) is 3. The molecule has 0 saturated heterocycles. The Hall–Kier alpha value is -1.68. The molecule has 1 heterocycles. The summed E-state index contributed by atoms with van der Waals surface area (Å²) in [5.41, 5.74) is 6.82. The van der Waals surface area contributed by atoms with Crippen LogP contribution in [0.15, 0.2) is 36.7 Å². The Morgan fingerprint density at radius 2 is 1.90 bits per heavy atom. The third-order valence-corrected chi connectivity index (χ3v) is 3.87. The number of rotatable bonds is 7. The molecular weight excluding hydrogens is 248 g/mol. The maximum atomic E-state index is 5.70. The summed E-state index contributed by atoms with van der Waals surface area (Å²) in [6.45, 7) is 5.29. The maximum Gasteiger partial charge on any atom is 0.137 e. The van der Waals surface area contributed by atoms with Gasteiger partial charge in [-0.1, -0.05) is 32.0 Å². The first-order valence-electron chi connectivity index (χ1n) is 7.36. The molecule has 2 rings (SSSR count). The Kier molecular flexibility index (Phi) is 5.30. The van der Waals surface area contributed by atoms with Gasteiger partial charge in [-0.3, -0.25) is 4.57 Å². The van der Waals surface area contributed by atoms with E-state index in [9.17, 15) is 0 Å². The van der Waals surface area contributed by atoms with Crippen molar-refractivity contribution in [2.45, 2.75) is 33.1 Å². The van der Waals surface area contributed by atoms with E-state index in [-0.39, 0.29) is 0 Å². The molecule has 0 saturated carbocycles. The van der Waals surface area contributed by atoms with Crippen molar-refractivity contribution in [3.8, 4) is 5.69 Å². The smallest absolute Gasteiger partial charge is 0.137 e. The average molecular weight is 272 g/mol. The summed E-state index contributed by atoms with van der Waals surface area (Å²) < 4.78 is 2.07. The van der Waals surface area contributed by atoms with E-state index in [4.69, 9.17) is 5.73 Å². The lowest BCUT2D eigenvalue weighted by Crippen LogP contribution is -2.16. The Balaban J connectivity index is 2.06. The van der Waals surface area contributed by atoms with Crippen LogP contribution < -0.4 is 5.73 Å². The van der Waals surface area contributed by atoms with Crippen molar-refractivity contribution in [3.05, 3.63) is 42.5 Å². The minimum absolute atomic E-state index is 0.654. The summed E-state index contributed by atoms with van der Waals surface area (Å²) in [7, 11) is 0. The topological polar surface area (TPSA) is 56.7 Å². The fourth-order valence-electron chi connectivity index (χ4n) is 2.57. The lowest BCUT2D eigenvalue weighted by atomic mass is 9.88. The van der Waals surface area contributed by atoms with Gasteiger partial charge < -0.3 is 5.73 Å². The van der Waals surface area contributed by atoms with Crippen LogP contribution in [0.3, 0.4) is 0 Å². The number of hydrogen-bond donors (Lipinski definition) is 1. The van der Waals surface area contributed by atoms with Gasteiger partial charge in [-0.15, -0.1) is 10.2 Å². The number of aryl methyl sites for hydroxylation is 1. The van der Waals surface area contributed by atoms with Gasteiger partial charge >= 0.3 is 0 Å². The molecule has 0 radical (unpaired) electrons. The van der Waals surface area contributed by atoms with Crippen LogP contribution in [0.2, 0.25) is 0 Å². The molecule has 1 unspecified atom stereocenters. The number of benzene rings is 1. The summed E-state index contributed by atoms with van der Waals surface area (Å²) >= 11 is 0. The Morgan fingerprint density at radius 3 is 2.55 bits per heavy atom. The summed E-state index contributed by atoms with van der Waals surface area (Å²) in [5, 5.41) is 8.32. The lowest BCUT2D eigenvalue weighted by Gasteiger charge is -2.19. The van der Waals surface area contributed by atoms with Gasteiger partial charge in [0, 0.05) is 12.1 Å². The second kappa shape index (κ2) is 7.20. The fraction of sp³-hybridized carbons (Fsp3) is 0.500. The van der Waals surface area contributed by atoms with Crippen LogP contribution >= 0.6 is 0 Å². The first-order valence-corrected chi connectivity index (χ1v) is 7.36. The molecule has 0 fully saturated rings. The second-order valence-electron chi connectivity index (χ2n) is 5.57. The normalized spacial score (nSPS) is 12.8. The lowest BCUT2D eigenvalue weighted by molar-refractivity contribution is 0.338. The molecule has 1 aromatic carbocycles. The molecule has 0 spiro atoms. The highest BCUT2D eigenvalue weighted by Gasteiger charge is 2.14. The molecule has 0 bridgehead atoms. The molecule has 0 amide bonds. The predicted molar refractivity (Wildman–Crippen MR) is 81.7 cm³/mol. The van der Waals surface area contributed by atoms with Crippen molar-refractivity contribution in [2.75, 3.05) is 6.54 Å². The highest BCUT2D eigenvalue weighted by atomic mass is 15.3. The van der Waals surface area contributed by atoms with E-state index >= 15 is 0 Å². The molecular formula is C16H24N4. The van der Waals surface area contributed by atoms with Crippen LogP contribution in [-0.2, 0) is 6.42 Å². The van der Waals surface area contributed by atoms with Gasteiger partial charge in [0.05, 0.1) is 0 Å². The van der Waals surface area contributed by atoms with Crippen molar-refractivity contribution < 1.29 is 0 Å². The second-order valence-corrected chi connectivity index (χ2v) is 5.57. The molecule has 0 aliphatic rings. The maximum absolute atomic E-state index is 5.70. The monoisotopic (exact) mass is 272 g/mol. The van der Waals surface area contributed by atoms with Crippen LogP contribution in [0.25, 0.3) is 5.69 Å². The van der Waals surface area contributed by atoms with Crippen LogP contribution in [0.4, 0.5) is 0 Å². The van der Waals surface area contributed by atoms with Crippen LogP contribution in [-0.4, -0.2) is 21.3 Å². The summed E-state index contributed by atoms with van der Waals surface area (Å²) in [6.07, 6.45) is 4.92. The molecule has 108 valence electrons. The third-order valence-electron chi connectivity index (χ3n) is 3.87. The quantitative estimate of drug-likeness (QED) is 0.843. The molecule has 4 nitrogen and oxygen atoms in total. The number of aromatic nitrogens is 3. The molecule has 2 N–H and O–H groups in total. The predicted octanol–water partition coefficient (Wildman–Crippen LogP) is 2.82. The number of nitrogens with zero attached hydrogens (tertiary/aromatic N) is 3. The van der Waals surface area contributed by atoms with Gasteiger partial charge in [-0.2, -0.15) is 0 Å². The molecule has 4 heteroatoms. The first kappa shape index (κ1) is 14.7. The van der Waals surface area contributed by atoms with Crippen molar-refractivity contribution in [1.82, 2.24) is 14.8 Å².